The monoisotopic (exact) mass is 256 g/mol. The molecule has 7 heteroatoms. The number of carbonyl (C=O) groups excluding carboxylic acids is 1. The van der Waals surface area contributed by atoms with Crippen LogP contribution in [0.4, 0.5) is 4.79 Å². The Hall–Kier alpha value is -1.89. The number of carboxylic acids is 1. The Bertz CT molecular complexity index is 447. The van der Waals surface area contributed by atoms with Crippen molar-refractivity contribution in [2.24, 2.45) is 0 Å². The number of ether oxygens (including phenoxy) is 1. The van der Waals surface area contributed by atoms with Gasteiger partial charge in [-0.1, -0.05) is 0 Å². The lowest BCUT2D eigenvalue weighted by molar-refractivity contribution is -0.139. The number of imidazole rings is 1. The number of nitrogens with zero attached hydrogens (tertiary/aromatic N) is 2. The Kier molecular flexibility index (Phi) is 4.07. The van der Waals surface area contributed by atoms with Gasteiger partial charge >= 0.3 is 12.1 Å². The summed E-state index contributed by atoms with van der Waals surface area (Å²) in [6, 6.07) is 0. The van der Waals surface area contributed by atoms with Gasteiger partial charge < -0.3 is 14.9 Å². The summed E-state index contributed by atoms with van der Waals surface area (Å²) in [6.45, 7) is 5.17. The van der Waals surface area contributed by atoms with Gasteiger partial charge in [-0.3, -0.25) is 4.79 Å². The van der Waals surface area contributed by atoms with Gasteiger partial charge in [0.05, 0.1) is 12.1 Å². The maximum atomic E-state index is 11.6. The normalized spacial score (nSPS) is 13.1. The first-order valence-corrected chi connectivity index (χ1v) is 5.36. The average Bonchev–Trinajstić information content (AvgIpc) is 2.61. The van der Waals surface area contributed by atoms with Crippen molar-refractivity contribution in [3.8, 4) is 0 Å². The predicted octanol–water partition coefficient (Wildman–Crippen LogP) is 1.17. The fraction of sp³-hybridized carbons (Fsp3) is 0.545. The average molecular weight is 256 g/mol. The van der Waals surface area contributed by atoms with Crippen LogP contribution in [-0.2, 0) is 9.53 Å². The lowest BCUT2D eigenvalue weighted by atomic mass is 10.2. The molecule has 1 atom stereocenters. The first-order valence-electron chi connectivity index (χ1n) is 5.36. The zero-order valence-corrected chi connectivity index (χ0v) is 10.5. The largest absolute Gasteiger partial charge is 0.481 e. The standard InChI is InChI=1S/C11H16N2O5/c1-11(2,3)18-10(17)13-5-7(12-6-13)8(14)4-9(15)16/h5-6,8,14H,4H2,1-3H3,(H,15,16)/t8-/m1/s1. The van der Waals surface area contributed by atoms with Crippen LogP contribution in [0, 0.1) is 0 Å². The van der Waals surface area contributed by atoms with Crippen molar-refractivity contribution in [2.75, 3.05) is 0 Å². The Morgan fingerprint density at radius 1 is 1.50 bits per heavy atom. The van der Waals surface area contributed by atoms with Crippen molar-refractivity contribution in [1.82, 2.24) is 9.55 Å². The summed E-state index contributed by atoms with van der Waals surface area (Å²) >= 11 is 0. The summed E-state index contributed by atoms with van der Waals surface area (Å²) in [6.07, 6.45) is 0.0801. The summed E-state index contributed by atoms with van der Waals surface area (Å²) in [5.41, 5.74) is -0.524. The van der Waals surface area contributed by atoms with E-state index in [1.165, 1.54) is 12.5 Å². The SMILES string of the molecule is CC(C)(C)OC(=O)n1cnc([C@H](O)CC(=O)O)c1. The molecule has 0 fully saturated rings. The first kappa shape index (κ1) is 14.2. The minimum absolute atomic E-state index is 0.114. The van der Waals surface area contributed by atoms with E-state index < -0.39 is 30.2 Å². The third kappa shape index (κ3) is 4.17. The van der Waals surface area contributed by atoms with Crippen molar-refractivity contribution in [3.63, 3.8) is 0 Å². The van der Waals surface area contributed by atoms with Crippen LogP contribution in [-0.4, -0.2) is 37.4 Å². The highest BCUT2D eigenvalue weighted by atomic mass is 16.6. The molecule has 2 N–H and O–H groups in total. The molecule has 0 radical (unpaired) electrons. The molecule has 1 heterocycles. The fourth-order valence-corrected chi connectivity index (χ4v) is 1.19. The van der Waals surface area contributed by atoms with Gasteiger partial charge in [0.15, 0.2) is 0 Å². The van der Waals surface area contributed by atoms with E-state index in [1.807, 2.05) is 0 Å². The lowest BCUT2D eigenvalue weighted by Crippen LogP contribution is -2.26. The van der Waals surface area contributed by atoms with E-state index in [4.69, 9.17) is 9.84 Å². The Morgan fingerprint density at radius 3 is 2.61 bits per heavy atom. The fourth-order valence-electron chi connectivity index (χ4n) is 1.19. The number of hydrogen-bond donors (Lipinski definition) is 2. The molecule has 0 amide bonds. The Morgan fingerprint density at radius 2 is 2.11 bits per heavy atom. The van der Waals surface area contributed by atoms with Crippen LogP contribution in [0.5, 0.6) is 0 Å². The zero-order chi connectivity index (χ0) is 13.9. The highest BCUT2D eigenvalue weighted by Gasteiger charge is 2.20. The van der Waals surface area contributed by atoms with Crippen molar-refractivity contribution < 1.29 is 24.5 Å². The van der Waals surface area contributed by atoms with Crippen LogP contribution in [0.2, 0.25) is 0 Å². The quantitative estimate of drug-likeness (QED) is 0.841. The van der Waals surface area contributed by atoms with Crippen molar-refractivity contribution in [3.05, 3.63) is 18.2 Å². The number of aliphatic carboxylic acids is 1. The minimum Gasteiger partial charge on any atom is -0.481 e. The Balaban J connectivity index is 2.74. The van der Waals surface area contributed by atoms with Gasteiger partial charge in [-0.25, -0.2) is 14.3 Å². The molecule has 0 saturated carbocycles. The molecule has 18 heavy (non-hydrogen) atoms. The molecular weight excluding hydrogens is 240 g/mol. The molecular formula is C11H16N2O5. The lowest BCUT2D eigenvalue weighted by Gasteiger charge is -2.19. The summed E-state index contributed by atoms with van der Waals surface area (Å²) in [5, 5.41) is 18.0. The van der Waals surface area contributed by atoms with Crippen LogP contribution in [0.1, 0.15) is 39.0 Å². The van der Waals surface area contributed by atoms with E-state index in [2.05, 4.69) is 4.98 Å². The molecule has 7 nitrogen and oxygen atoms in total. The van der Waals surface area contributed by atoms with Crippen LogP contribution in [0.25, 0.3) is 0 Å². The minimum atomic E-state index is -1.24. The number of carboxylic acid groups (broad SMARTS) is 1. The molecule has 0 unspecified atom stereocenters. The van der Waals surface area contributed by atoms with E-state index in [1.54, 1.807) is 20.8 Å². The molecule has 0 aromatic carbocycles. The maximum Gasteiger partial charge on any atom is 0.419 e. The van der Waals surface area contributed by atoms with Crippen LogP contribution in [0.15, 0.2) is 12.5 Å². The third-order valence-electron chi connectivity index (χ3n) is 1.92. The summed E-state index contributed by atoms with van der Waals surface area (Å²) in [4.78, 5) is 25.8. The van der Waals surface area contributed by atoms with Crippen molar-refractivity contribution >= 4 is 12.1 Å². The van der Waals surface area contributed by atoms with Crippen molar-refractivity contribution in [2.45, 2.75) is 38.9 Å². The molecule has 0 bridgehead atoms. The summed E-state index contributed by atoms with van der Waals surface area (Å²) < 4.78 is 6.15. The van der Waals surface area contributed by atoms with Gasteiger partial charge in [0.25, 0.3) is 0 Å². The summed E-state index contributed by atoms with van der Waals surface area (Å²) in [7, 11) is 0. The van der Waals surface area contributed by atoms with Gasteiger partial charge in [0.2, 0.25) is 0 Å². The van der Waals surface area contributed by atoms with E-state index in [0.717, 1.165) is 4.57 Å². The second-order valence-corrected chi connectivity index (χ2v) is 4.80. The number of hydrogen-bond acceptors (Lipinski definition) is 5. The van der Waals surface area contributed by atoms with Gasteiger partial charge in [-0.05, 0) is 20.8 Å². The second-order valence-electron chi connectivity index (χ2n) is 4.80. The van der Waals surface area contributed by atoms with Gasteiger partial charge in [-0.2, -0.15) is 0 Å². The van der Waals surface area contributed by atoms with Crippen LogP contribution >= 0.6 is 0 Å². The molecule has 0 spiro atoms. The number of aliphatic hydroxyl groups excluding tert-OH is 1. The van der Waals surface area contributed by atoms with E-state index in [0.29, 0.717) is 0 Å². The number of aromatic nitrogens is 2. The highest BCUT2D eigenvalue weighted by Crippen LogP contribution is 2.15. The number of aliphatic hydroxyl groups is 1. The van der Waals surface area contributed by atoms with Gasteiger partial charge in [0, 0.05) is 6.20 Å². The van der Waals surface area contributed by atoms with Crippen LogP contribution < -0.4 is 0 Å². The van der Waals surface area contributed by atoms with Gasteiger partial charge in [0.1, 0.15) is 18.0 Å². The third-order valence-corrected chi connectivity index (χ3v) is 1.92. The highest BCUT2D eigenvalue weighted by molar-refractivity contribution is 5.71. The molecule has 0 saturated heterocycles. The molecule has 0 aliphatic carbocycles. The molecule has 1 aromatic heterocycles. The second kappa shape index (κ2) is 5.18. The maximum absolute atomic E-state index is 11.6. The topological polar surface area (TPSA) is 102 Å². The molecule has 100 valence electrons. The van der Waals surface area contributed by atoms with E-state index >= 15 is 0 Å². The number of rotatable bonds is 3. The summed E-state index contributed by atoms with van der Waals surface area (Å²) in [5.74, 6) is -1.14. The predicted molar refractivity (Wildman–Crippen MR) is 61.1 cm³/mol. The van der Waals surface area contributed by atoms with E-state index in [9.17, 15) is 14.7 Å². The van der Waals surface area contributed by atoms with Crippen LogP contribution in [0.3, 0.4) is 0 Å². The smallest absolute Gasteiger partial charge is 0.419 e. The van der Waals surface area contributed by atoms with Gasteiger partial charge in [-0.15, -0.1) is 0 Å². The molecule has 0 aliphatic heterocycles. The molecule has 0 aliphatic rings. The van der Waals surface area contributed by atoms with Crippen molar-refractivity contribution in [1.29, 1.82) is 0 Å². The molecule has 1 aromatic rings. The zero-order valence-electron chi connectivity index (χ0n) is 10.5. The first-order chi connectivity index (χ1) is 8.19. The van der Waals surface area contributed by atoms with E-state index in [-0.39, 0.29) is 5.69 Å². The Labute approximate surface area is 104 Å². The molecule has 1 rings (SSSR count). The number of carbonyl (C=O) groups is 2.